The highest BCUT2D eigenvalue weighted by Gasteiger charge is 2.28. The summed E-state index contributed by atoms with van der Waals surface area (Å²) in [4.78, 5) is 13.5. The minimum Gasteiger partial charge on any atom is -0.360 e. The molecule has 0 bridgehead atoms. The van der Waals surface area contributed by atoms with E-state index < -0.39 is 0 Å². The summed E-state index contributed by atoms with van der Waals surface area (Å²) >= 11 is 5.35. The second-order valence-electron chi connectivity index (χ2n) is 4.38. The van der Waals surface area contributed by atoms with Crippen LogP contribution in [0.1, 0.15) is 12.8 Å². The molecule has 4 nitrogen and oxygen atoms in total. The van der Waals surface area contributed by atoms with Crippen LogP contribution in [-0.4, -0.2) is 23.6 Å². The number of carbonyl (C=O) groups excluding carboxylic acids is 1. The molecule has 2 N–H and O–H groups in total. The Balaban J connectivity index is 1.88. The number of benzene rings is 1. The molecule has 0 spiro atoms. The van der Waals surface area contributed by atoms with Gasteiger partial charge in [0.1, 0.15) is 6.54 Å². The first kappa shape index (κ1) is 10.5. The zero-order valence-corrected chi connectivity index (χ0v) is 10.1. The van der Waals surface area contributed by atoms with Crippen molar-refractivity contribution in [2.24, 2.45) is 0 Å². The molecule has 0 atom stereocenters. The predicted octanol–water partition coefficient (Wildman–Crippen LogP) is 1.48. The number of hydrogen-bond donors (Lipinski definition) is 2. The molecule has 3 rings (SSSR count). The highest BCUT2D eigenvalue weighted by molar-refractivity contribution is 7.80. The summed E-state index contributed by atoms with van der Waals surface area (Å²) in [5.74, 6) is -0.0244. The third-order valence-electron chi connectivity index (χ3n) is 2.92. The fourth-order valence-electron chi connectivity index (χ4n) is 1.89. The largest absolute Gasteiger partial charge is 0.360 e. The molecular weight excluding hydrogens is 234 g/mol. The standard InChI is InChI=1S/C12H13N3OS/c16-11-7-15(12(17)13-8-5-6-8)10-4-2-1-3-9(10)14-11/h1-4,8H,5-7H2,(H,13,17)(H,14,16). The Hall–Kier alpha value is -1.62. The van der Waals surface area contributed by atoms with Crippen LogP contribution in [0.3, 0.4) is 0 Å². The Bertz CT molecular complexity index is 484. The maximum Gasteiger partial charge on any atom is 0.244 e. The van der Waals surface area contributed by atoms with Crippen LogP contribution >= 0.6 is 12.2 Å². The van der Waals surface area contributed by atoms with Crippen molar-refractivity contribution >= 4 is 34.6 Å². The summed E-state index contributed by atoms with van der Waals surface area (Å²) in [6.07, 6.45) is 2.34. The minimum atomic E-state index is -0.0244. The smallest absolute Gasteiger partial charge is 0.244 e. The number of para-hydroxylation sites is 2. The van der Waals surface area contributed by atoms with Crippen LogP contribution in [0.4, 0.5) is 11.4 Å². The molecule has 17 heavy (non-hydrogen) atoms. The number of nitrogens with one attached hydrogen (secondary N) is 2. The lowest BCUT2D eigenvalue weighted by Gasteiger charge is -2.31. The normalized spacial score (nSPS) is 18.4. The minimum absolute atomic E-state index is 0.0244. The Morgan fingerprint density at radius 1 is 1.41 bits per heavy atom. The molecule has 1 amide bonds. The van der Waals surface area contributed by atoms with Crippen molar-refractivity contribution in [1.82, 2.24) is 5.32 Å². The van der Waals surface area contributed by atoms with Gasteiger partial charge in [-0.1, -0.05) is 12.1 Å². The van der Waals surface area contributed by atoms with Crippen molar-refractivity contribution in [3.8, 4) is 0 Å². The average molecular weight is 247 g/mol. The highest BCUT2D eigenvalue weighted by atomic mass is 32.1. The molecule has 1 fully saturated rings. The van der Waals surface area contributed by atoms with Crippen LogP contribution in [0, 0.1) is 0 Å². The number of rotatable bonds is 1. The van der Waals surface area contributed by atoms with E-state index in [-0.39, 0.29) is 12.5 Å². The maximum atomic E-state index is 11.6. The number of fused-ring (bicyclic) bond motifs is 1. The van der Waals surface area contributed by atoms with Crippen molar-refractivity contribution in [1.29, 1.82) is 0 Å². The van der Waals surface area contributed by atoms with Gasteiger partial charge in [-0.3, -0.25) is 4.79 Å². The van der Waals surface area contributed by atoms with E-state index in [4.69, 9.17) is 12.2 Å². The molecule has 0 saturated heterocycles. The predicted molar refractivity (Wildman–Crippen MR) is 71.2 cm³/mol. The van der Waals surface area contributed by atoms with E-state index in [1.54, 1.807) is 0 Å². The van der Waals surface area contributed by atoms with E-state index in [0.717, 1.165) is 11.4 Å². The molecule has 0 radical (unpaired) electrons. The van der Waals surface area contributed by atoms with Gasteiger partial charge in [0, 0.05) is 6.04 Å². The Morgan fingerprint density at radius 3 is 2.94 bits per heavy atom. The molecule has 1 aromatic carbocycles. The second kappa shape index (κ2) is 4.00. The first-order valence-electron chi connectivity index (χ1n) is 5.71. The van der Waals surface area contributed by atoms with Gasteiger partial charge in [0.05, 0.1) is 11.4 Å². The number of hydrogen-bond acceptors (Lipinski definition) is 2. The average Bonchev–Trinajstić information content (AvgIpc) is 3.11. The molecule has 1 aliphatic carbocycles. The van der Waals surface area contributed by atoms with Crippen molar-refractivity contribution in [3.05, 3.63) is 24.3 Å². The third kappa shape index (κ3) is 2.10. The van der Waals surface area contributed by atoms with Gasteiger partial charge in [-0.15, -0.1) is 0 Å². The Morgan fingerprint density at radius 2 is 2.18 bits per heavy atom. The zero-order chi connectivity index (χ0) is 11.8. The van der Waals surface area contributed by atoms with Crippen molar-refractivity contribution in [2.45, 2.75) is 18.9 Å². The van der Waals surface area contributed by atoms with E-state index in [9.17, 15) is 4.79 Å². The van der Waals surface area contributed by atoms with Gasteiger partial charge in [0.25, 0.3) is 0 Å². The van der Waals surface area contributed by atoms with Gasteiger partial charge in [-0.25, -0.2) is 0 Å². The Kier molecular flexibility index (Phi) is 2.48. The van der Waals surface area contributed by atoms with E-state index in [0.29, 0.717) is 11.2 Å². The molecule has 0 aromatic heterocycles. The van der Waals surface area contributed by atoms with E-state index in [1.165, 1.54) is 12.8 Å². The summed E-state index contributed by atoms with van der Waals surface area (Å²) in [5.41, 5.74) is 1.79. The molecule has 0 unspecified atom stereocenters. The molecular formula is C12H13N3OS. The molecule has 1 aromatic rings. The second-order valence-corrected chi connectivity index (χ2v) is 4.76. The molecule has 88 valence electrons. The first-order chi connectivity index (χ1) is 8.24. The summed E-state index contributed by atoms with van der Waals surface area (Å²) in [6, 6.07) is 8.21. The van der Waals surface area contributed by atoms with E-state index >= 15 is 0 Å². The number of thiocarbonyl (C=S) groups is 1. The number of carbonyl (C=O) groups is 1. The maximum absolute atomic E-state index is 11.6. The van der Waals surface area contributed by atoms with Crippen LogP contribution in [0.25, 0.3) is 0 Å². The summed E-state index contributed by atoms with van der Waals surface area (Å²) in [7, 11) is 0. The van der Waals surface area contributed by atoms with Crippen molar-refractivity contribution in [2.75, 3.05) is 16.8 Å². The van der Waals surface area contributed by atoms with Crippen molar-refractivity contribution in [3.63, 3.8) is 0 Å². The van der Waals surface area contributed by atoms with Crippen LogP contribution in [0.2, 0.25) is 0 Å². The van der Waals surface area contributed by atoms with Crippen LogP contribution in [0.5, 0.6) is 0 Å². The summed E-state index contributed by atoms with van der Waals surface area (Å²) < 4.78 is 0. The van der Waals surface area contributed by atoms with Crippen LogP contribution < -0.4 is 15.5 Å². The third-order valence-corrected chi connectivity index (χ3v) is 3.26. The van der Waals surface area contributed by atoms with E-state index in [2.05, 4.69) is 10.6 Å². The first-order valence-corrected chi connectivity index (χ1v) is 6.12. The lowest BCUT2D eigenvalue weighted by molar-refractivity contribution is -0.115. The molecule has 5 heteroatoms. The fourth-order valence-corrected chi connectivity index (χ4v) is 2.22. The number of nitrogens with zero attached hydrogens (tertiary/aromatic N) is 1. The fraction of sp³-hybridized carbons (Fsp3) is 0.333. The lowest BCUT2D eigenvalue weighted by atomic mass is 10.2. The lowest BCUT2D eigenvalue weighted by Crippen LogP contribution is -2.47. The van der Waals surface area contributed by atoms with Gasteiger partial charge in [-0.05, 0) is 37.2 Å². The molecule has 1 saturated carbocycles. The molecule has 1 aliphatic heterocycles. The number of amides is 1. The zero-order valence-electron chi connectivity index (χ0n) is 9.27. The van der Waals surface area contributed by atoms with Crippen LogP contribution in [-0.2, 0) is 4.79 Å². The summed E-state index contributed by atoms with van der Waals surface area (Å²) in [5, 5.41) is 6.76. The quantitative estimate of drug-likeness (QED) is 0.738. The Labute approximate surface area is 105 Å². The van der Waals surface area contributed by atoms with E-state index in [1.807, 2.05) is 29.2 Å². The summed E-state index contributed by atoms with van der Waals surface area (Å²) in [6.45, 7) is 0.287. The van der Waals surface area contributed by atoms with Gasteiger partial charge < -0.3 is 15.5 Å². The van der Waals surface area contributed by atoms with Gasteiger partial charge >= 0.3 is 0 Å². The highest BCUT2D eigenvalue weighted by Crippen LogP contribution is 2.29. The van der Waals surface area contributed by atoms with Crippen molar-refractivity contribution < 1.29 is 4.79 Å². The van der Waals surface area contributed by atoms with Gasteiger partial charge in [0.15, 0.2) is 5.11 Å². The number of anilines is 2. The molecule has 1 heterocycles. The van der Waals surface area contributed by atoms with Crippen LogP contribution in [0.15, 0.2) is 24.3 Å². The SMILES string of the molecule is O=C1CN(C(=S)NC2CC2)c2ccccc2N1. The molecule has 2 aliphatic rings. The monoisotopic (exact) mass is 247 g/mol. The van der Waals surface area contributed by atoms with Gasteiger partial charge in [0.2, 0.25) is 5.91 Å². The van der Waals surface area contributed by atoms with Gasteiger partial charge in [-0.2, -0.15) is 0 Å². The topological polar surface area (TPSA) is 44.4 Å².